The molecule has 2 nitrogen and oxygen atoms in total. The van der Waals surface area contributed by atoms with Gasteiger partial charge in [-0.05, 0) is 49.2 Å². The Morgan fingerprint density at radius 2 is 2.00 bits per heavy atom. The molecule has 1 N–H and O–H groups in total. The smallest absolute Gasteiger partial charge is 0.124 e. The summed E-state index contributed by atoms with van der Waals surface area (Å²) in [4.78, 5) is 0. The van der Waals surface area contributed by atoms with Gasteiger partial charge < -0.3 is 9.84 Å². The molecule has 0 aromatic heterocycles. The van der Waals surface area contributed by atoms with Crippen LogP contribution in [0.5, 0.6) is 5.75 Å². The molecule has 0 fully saturated rings. The summed E-state index contributed by atoms with van der Waals surface area (Å²) < 4.78 is 18.9. The average molecular weight is 307 g/mol. The van der Waals surface area contributed by atoms with E-state index in [4.69, 9.17) is 16.3 Å². The van der Waals surface area contributed by atoms with E-state index < -0.39 is 11.9 Å². The standard InChI is InChI=1S/C17H16ClFO2/c1-17(2)9-11-7-10(3-6-15(11)21-17)16(20)13-5-4-12(19)8-14(13)18/h3-8,16,20H,9H2,1-2H3. The zero-order valence-electron chi connectivity index (χ0n) is 11.9. The minimum Gasteiger partial charge on any atom is -0.487 e. The molecule has 1 aliphatic rings. The monoisotopic (exact) mass is 306 g/mol. The summed E-state index contributed by atoms with van der Waals surface area (Å²) in [7, 11) is 0. The lowest BCUT2D eigenvalue weighted by Gasteiger charge is -2.16. The lowest BCUT2D eigenvalue weighted by molar-refractivity contribution is 0.138. The highest BCUT2D eigenvalue weighted by Crippen LogP contribution is 2.38. The number of ether oxygens (including phenoxy) is 1. The fourth-order valence-electron chi connectivity index (χ4n) is 2.70. The molecule has 0 amide bonds. The minimum absolute atomic E-state index is 0.222. The number of fused-ring (bicyclic) bond motifs is 1. The highest BCUT2D eigenvalue weighted by Gasteiger charge is 2.30. The zero-order chi connectivity index (χ0) is 15.2. The van der Waals surface area contributed by atoms with Gasteiger partial charge in [0.1, 0.15) is 23.3 Å². The number of hydrogen-bond acceptors (Lipinski definition) is 2. The van der Waals surface area contributed by atoms with E-state index in [2.05, 4.69) is 0 Å². The van der Waals surface area contributed by atoms with Crippen LogP contribution in [0.15, 0.2) is 36.4 Å². The Kier molecular flexibility index (Phi) is 3.42. The van der Waals surface area contributed by atoms with Crippen LogP contribution < -0.4 is 4.74 Å². The number of aliphatic hydroxyl groups is 1. The van der Waals surface area contributed by atoms with Gasteiger partial charge in [-0.2, -0.15) is 0 Å². The molecule has 3 rings (SSSR count). The lowest BCUT2D eigenvalue weighted by atomic mass is 9.96. The van der Waals surface area contributed by atoms with E-state index in [1.807, 2.05) is 32.0 Å². The Bertz CT molecular complexity index is 697. The Morgan fingerprint density at radius 1 is 1.24 bits per heavy atom. The van der Waals surface area contributed by atoms with Crippen LogP contribution in [0, 0.1) is 5.82 Å². The highest BCUT2D eigenvalue weighted by molar-refractivity contribution is 6.31. The molecule has 1 heterocycles. The van der Waals surface area contributed by atoms with Crippen LogP contribution in [0.3, 0.4) is 0 Å². The predicted octanol–water partition coefficient (Wildman–Crippen LogP) is 4.27. The quantitative estimate of drug-likeness (QED) is 0.897. The third-order valence-corrected chi connectivity index (χ3v) is 3.99. The molecule has 0 aliphatic carbocycles. The summed E-state index contributed by atoms with van der Waals surface area (Å²) in [5.74, 6) is 0.432. The van der Waals surface area contributed by atoms with Crippen LogP contribution in [0.4, 0.5) is 4.39 Å². The van der Waals surface area contributed by atoms with Crippen LogP contribution in [-0.2, 0) is 6.42 Å². The second kappa shape index (κ2) is 5.00. The molecule has 2 aromatic carbocycles. The summed E-state index contributed by atoms with van der Waals surface area (Å²) in [6.07, 6.45) is -0.0906. The Hall–Kier alpha value is -1.58. The summed E-state index contributed by atoms with van der Waals surface area (Å²) in [5, 5.41) is 10.7. The average Bonchev–Trinajstić information content (AvgIpc) is 2.70. The van der Waals surface area contributed by atoms with Gasteiger partial charge in [0.2, 0.25) is 0 Å². The van der Waals surface area contributed by atoms with E-state index in [1.54, 1.807) is 0 Å². The largest absolute Gasteiger partial charge is 0.487 e. The molecule has 0 spiro atoms. The maximum Gasteiger partial charge on any atom is 0.124 e. The van der Waals surface area contributed by atoms with Gasteiger partial charge in [0, 0.05) is 17.0 Å². The molecule has 21 heavy (non-hydrogen) atoms. The van der Waals surface area contributed by atoms with Gasteiger partial charge in [-0.1, -0.05) is 23.7 Å². The second-order valence-electron chi connectivity index (χ2n) is 5.97. The fraction of sp³-hybridized carbons (Fsp3) is 0.294. The SMILES string of the molecule is CC1(C)Cc2cc(C(O)c3ccc(F)cc3Cl)ccc2O1. The molecule has 1 unspecified atom stereocenters. The summed E-state index contributed by atoms with van der Waals surface area (Å²) in [6, 6.07) is 9.61. The van der Waals surface area contributed by atoms with Crippen molar-refractivity contribution in [2.75, 3.05) is 0 Å². The Morgan fingerprint density at radius 3 is 2.71 bits per heavy atom. The molecule has 0 saturated heterocycles. The first kappa shape index (κ1) is 14.4. The number of benzene rings is 2. The van der Waals surface area contributed by atoms with Gasteiger partial charge in [-0.3, -0.25) is 0 Å². The summed E-state index contributed by atoms with van der Waals surface area (Å²) in [6.45, 7) is 4.06. The molecule has 110 valence electrons. The minimum atomic E-state index is -0.882. The molecule has 0 saturated carbocycles. The normalized spacial score (nSPS) is 17.2. The maximum absolute atomic E-state index is 13.1. The predicted molar refractivity (Wildman–Crippen MR) is 80.3 cm³/mol. The molecular formula is C17H16ClFO2. The van der Waals surface area contributed by atoms with Gasteiger partial charge in [0.05, 0.1) is 0 Å². The highest BCUT2D eigenvalue weighted by atomic mass is 35.5. The van der Waals surface area contributed by atoms with Crippen molar-refractivity contribution in [2.24, 2.45) is 0 Å². The van der Waals surface area contributed by atoms with E-state index in [1.165, 1.54) is 18.2 Å². The van der Waals surface area contributed by atoms with E-state index in [0.29, 0.717) is 5.56 Å². The Labute approximate surface area is 128 Å². The van der Waals surface area contributed by atoms with Crippen molar-refractivity contribution in [3.05, 3.63) is 63.9 Å². The van der Waals surface area contributed by atoms with Gasteiger partial charge in [-0.25, -0.2) is 4.39 Å². The first-order chi connectivity index (χ1) is 9.85. The van der Waals surface area contributed by atoms with Crippen molar-refractivity contribution in [1.29, 1.82) is 0 Å². The first-order valence-corrected chi connectivity index (χ1v) is 7.18. The number of rotatable bonds is 2. The number of hydrogen-bond donors (Lipinski definition) is 1. The van der Waals surface area contributed by atoms with Crippen molar-refractivity contribution >= 4 is 11.6 Å². The van der Waals surface area contributed by atoms with Crippen LogP contribution in [0.25, 0.3) is 0 Å². The molecule has 4 heteroatoms. The Balaban J connectivity index is 1.95. The van der Waals surface area contributed by atoms with Crippen LogP contribution >= 0.6 is 11.6 Å². The summed E-state index contributed by atoms with van der Waals surface area (Å²) in [5.41, 5.74) is 2.06. The van der Waals surface area contributed by atoms with E-state index in [0.717, 1.165) is 23.3 Å². The van der Waals surface area contributed by atoms with Gasteiger partial charge in [0.15, 0.2) is 0 Å². The van der Waals surface area contributed by atoms with Crippen molar-refractivity contribution in [1.82, 2.24) is 0 Å². The van der Waals surface area contributed by atoms with E-state index >= 15 is 0 Å². The van der Waals surface area contributed by atoms with Crippen molar-refractivity contribution in [3.63, 3.8) is 0 Å². The topological polar surface area (TPSA) is 29.5 Å². The lowest BCUT2D eigenvalue weighted by Crippen LogP contribution is -2.24. The van der Waals surface area contributed by atoms with Crippen molar-refractivity contribution in [2.45, 2.75) is 32.0 Å². The summed E-state index contributed by atoms with van der Waals surface area (Å²) >= 11 is 6.01. The molecule has 0 radical (unpaired) electrons. The zero-order valence-corrected chi connectivity index (χ0v) is 12.6. The van der Waals surface area contributed by atoms with E-state index in [-0.39, 0.29) is 10.6 Å². The second-order valence-corrected chi connectivity index (χ2v) is 6.38. The number of halogens is 2. The molecule has 1 aliphatic heterocycles. The van der Waals surface area contributed by atoms with Crippen molar-refractivity contribution in [3.8, 4) is 5.75 Å². The molecule has 1 atom stereocenters. The van der Waals surface area contributed by atoms with Crippen LogP contribution in [0.1, 0.15) is 36.6 Å². The third kappa shape index (κ3) is 2.76. The first-order valence-electron chi connectivity index (χ1n) is 6.80. The maximum atomic E-state index is 13.1. The van der Waals surface area contributed by atoms with Crippen LogP contribution in [0.2, 0.25) is 5.02 Å². The van der Waals surface area contributed by atoms with E-state index in [9.17, 15) is 9.50 Å². The number of aliphatic hydroxyl groups excluding tert-OH is 1. The van der Waals surface area contributed by atoms with Gasteiger partial charge >= 0.3 is 0 Å². The van der Waals surface area contributed by atoms with Gasteiger partial charge in [-0.15, -0.1) is 0 Å². The molecule has 0 bridgehead atoms. The van der Waals surface area contributed by atoms with Crippen molar-refractivity contribution < 1.29 is 14.2 Å². The molecule has 2 aromatic rings. The van der Waals surface area contributed by atoms with Crippen LogP contribution in [-0.4, -0.2) is 10.7 Å². The molecular weight excluding hydrogens is 291 g/mol. The van der Waals surface area contributed by atoms with Gasteiger partial charge in [0.25, 0.3) is 0 Å². The third-order valence-electron chi connectivity index (χ3n) is 3.66. The fourth-order valence-corrected chi connectivity index (χ4v) is 2.97.